The van der Waals surface area contributed by atoms with E-state index < -0.39 is 0 Å². The smallest absolute Gasteiger partial charge is 0.0718 e. The molecule has 2 rings (SSSR count). The fourth-order valence-corrected chi connectivity index (χ4v) is 1.45. The Bertz CT molecular complexity index is 407. The van der Waals surface area contributed by atoms with Gasteiger partial charge in [-0.1, -0.05) is 36.4 Å². The molecule has 0 fully saturated rings. The molecular formula is C12H11O. The summed E-state index contributed by atoms with van der Waals surface area (Å²) in [7, 11) is 3.36. The van der Waals surface area contributed by atoms with Gasteiger partial charge in [0.25, 0.3) is 0 Å². The van der Waals surface area contributed by atoms with Crippen LogP contribution < -0.4 is 0 Å². The summed E-state index contributed by atoms with van der Waals surface area (Å²) in [6, 6.07) is 14.6. The van der Waals surface area contributed by atoms with E-state index in [0.29, 0.717) is 6.61 Å². The van der Waals surface area contributed by atoms with E-state index in [9.17, 15) is 0 Å². The second kappa shape index (κ2) is 3.58. The van der Waals surface area contributed by atoms with Crippen LogP contribution in [0, 0.1) is 7.11 Å². The molecule has 1 nitrogen and oxygen atoms in total. The van der Waals surface area contributed by atoms with Gasteiger partial charge in [0.15, 0.2) is 0 Å². The highest BCUT2D eigenvalue weighted by Gasteiger charge is 1.94. The Hall–Kier alpha value is -1.34. The maximum Gasteiger partial charge on any atom is 0.0718 e. The summed E-state index contributed by atoms with van der Waals surface area (Å²) in [5, 5.41) is 2.51. The number of hydrogen-bond acceptors (Lipinski definition) is 1. The second-order valence-electron chi connectivity index (χ2n) is 3.03. The maximum atomic E-state index is 4.83. The first-order valence-electron chi connectivity index (χ1n) is 4.25. The van der Waals surface area contributed by atoms with Crippen LogP contribution in [-0.4, -0.2) is 0 Å². The molecule has 0 aliphatic heterocycles. The summed E-state index contributed by atoms with van der Waals surface area (Å²) in [6.45, 7) is 0.574. The molecule has 0 aromatic heterocycles. The Labute approximate surface area is 78.0 Å². The monoisotopic (exact) mass is 171 g/mol. The van der Waals surface area contributed by atoms with Crippen LogP contribution in [0.3, 0.4) is 0 Å². The van der Waals surface area contributed by atoms with Crippen LogP contribution >= 0.6 is 0 Å². The maximum absolute atomic E-state index is 4.83. The van der Waals surface area contributed by atoms with Crippen molar-refractivity contribution < 1.29 is 4.74 Å². The molecule has 0 saturated heterocycles. The average molecular weight is 171 g/mol. The largest absolute Gasteiger partial charge is 0.374 e. The molecular weight excluding hydrogens is 160 g/mol. The number of hydrogen-bond donors (Lipinski definition) is 0. The van der Waals surface area contributed by atoms with Crippen molar-refractivity contribution in [2.24, 2.45) is 0 Å². The molecule has 0 spiro atoms. The van der Waals surface area contributed by atoms with Crippen LogP contribution in [0.25, 0.3) is 10.8 Å². The standard InChI is InChI=1S/C12H11O/c1-13-9-10-6-7-11-4-2-3-5-12(11)8-10/h2-8H,1,9H2. The van der Waals surface area contributed by atoms with E-state index in [1.54, 1.807) is 0 Å². The molecule has 0 bridgehead atoms. The quantitative estimate of drug-likeness (QED) is 0.674. The van der Waals surface area contributed by atoms with Gasteiger partial charge in [0.1, 0.15) is 0 Å². The number of rotatable bonds is 2. The van der Waals surface area contributed by atoms with Crippen molar-refractivity contribution in [1.82, 2.24) is 0 Å². The minimum Gasteiger partial charge on any atom is -0.374 e. The molecule has 1 heteroatoms. The first-order valence-corrected chi connectivity index (χ1v) is 4.25. The molecule has 1 radical (unpaired) electrons. The third kappa shape index (κ3) is 1.70. The molecule has 0 unspecified atom stereocenters. The molecule has 0 amide bonds. The van der Waals surface area contributed by atoms with Crippen LogP contribution in [0.2, 0.25) is 0 Å². The van der Waals surface area contributed by atoms with Gasteiger partial charge in [0, 0.05) is 0 Å². The number of fused-ring (bicyclic) bond motifs is 1. The summed E-state index contributed by atoms with van der Waals surface area (Å²) in [5.74, 6) is 0. The van der Waals surface area contributed by atoms with Crippen molar-refractivity contribution in [1.29, 1.82) is 0 Å². The van der Waals surface area contributed by atoms with Gasteiger partial charge < -0.3 is 4.74 Å². The summed E-state index contributed by atoms with van der Waals surface area (Å²) in [5.41, 5.74) is 1.16. The minimum atomic E-state index is 0.574. The zero-order valence-electron chi connectivity index (χ0n) is 7.36. The van der Waals surface area contributed by atoms with Gasteiger partial charge in [0.2, 0.25) is 0 Å². The lowest BCUT2D eigenvalue weighted by Gasteiger charge is -2.01. The molecule has 2 aromatic carbocycles. The SMILES string of the molecule is [CH2]OCc1ccc2ccccc2c1. The zero-order chi connectivity index (χ0) is 9.10. The highest BCUT2D eigenvalue weighted by Crippen LogP contribution is 2.15. The van der Waals surface area contributed by atoms with E-state index in [1.165, 1.54) is 10.8 Å². The summed E-state index contributed by atoms with van der Waals surface area (Å²) in [6.07, 6.45) is 0. The summed E-state index contributed by atoms with van der Waals surface area (Å²) >= 11 is 0. The molecule has 0 atom stereocenters. The van der Waals surface area contributed by atoms with Crippen molar-refractivity contribution in [2.75, 3.05) is 0 Å². The highest BCUT2D eigenvalue weighted by atomic mass is 16.5. The molecule has 65 valence electrons. The van der Waals surface area contributed by atoms with E-state index in [0.717, 1.165) is 5.56 Å². The predicted molar refractivity (Wildman–Crippen MR) is 54.1 cm³/mol. The van der Waals surface area contributed by atoms with Gasteiger partial charge in [-0.3, -0.25) is 0 Å². The lowest BCUT2D eigenvalue weighted by molar-refractivity contribution is 0.229. The first-order chi connectivity index (χ1) is 6.40. The highest BCUT2D eigenvalue weighted by molar-refractivity contribution is 5.82. The lowest BCUT2D eigenvalue weighted by Crippen LogP contribution is -1.84. The Morgan fingerprint density at radius 3 is 2.54 bits per heavy atom. The van der Waals surface area contributed by atoms with Gasteiger partial charge >= 0.3 is 0 Å². The van der Waals surface area contributed by atoms with E-state index in [-0.39, 0.29) is 0 Å². The van der Waals surface area contributed by atoms with Gasteiger partial charge in [-0.05, 0) is 22.4 Å². The van der Waals surface area contributed by atoms with Crippen molar-refractivity contribution in [3.63, 3.8) is 0 Å². The fourth-order valence-electron chi connectivity index (χ4n) is 1.45. The normalized spacial score (nSPS) is 10.5. The Morgan fingerprint density at radius 1 is 1.00 bits per heavy atom. The van der Waals surface area contributed by atoms with Crippen LogP contribution in [-0.2, 0) is 11.3 Å². The molecule has 13 heavy (non-hydrogen) atoms. The molecule has 0 saturated carbocycles. The molecule has 0 heterocycles. The topological polar surface area (TPSA) is 9.23 Å². The number of benzene rings is 2. The molecule has 0 aliphatic rings. The second-order valence-corrected chi connectivity index (χ2v) is 3.03. The first kappa shape index (κ1) is 8.27. The van der Waals surface area contributed by atoms with E-state index in [2.05, 4.69) is 37.4 Å². The van der Waals surface area contributed by atoms with E-state index in [4.69, 9.17) is 4.74 Å². The molecule has 0 aliphatic carbocycles. The van der Waals surface area contributed by atoms with Crippen molar-refractivity contribution >= 4 is 10.8 Å². The van der Waals surface area contributed by atoms with Crippen molar-refractivity contribution in [3.8, 4) is 0 Å². The lowest BCUT2D eigenvalue weighted by atomic mass is 10.1. The minimum absolute atomic E-state index is 0.574. The van der Waals surface area contributed by atoms with Crippen LogP contribution in [0.1, 0.15) is 5.56 Å². The summed E-state index contributed by atoms with van der Waals surface area (Å²) in [4.78, 5) is 0. The Morgan fingerprint density at radius 2 is 1.77 bits per heavy atom. The molecule has 0 N–H and O–H groups in total. The number of ether oxygens (including phenoxy) is 1. The molecule has 2 aromatic rings. The average Bonchev–Trinajstić information content (AvgIpc) is 2.18. The summed E-state index contributed by atoms with van der Waals surface area (Å²) < 4.78 is 4.83. The van der Waals surface area contributed by atoms with Gasteiger partial charge in [-0.25, -0.2) is 0 Å². The Balaban J connectivity index is 2.49. The van der Waals surface area contributed by atoms with Crippen LogP contribution in [0.15, 0.2) is 42.5 Å². The third-order valence-corrected chi connectivity index (χ3v) is 2.08. The van der Waals surface area contributed by atoms with Crippen LogP contribution in [0.4, 0.5) is 0 Å². The predicted octanol–water partition coefficient (Wildman–Crippen LogP) is 3.15. The third-order valence-electron chi connectivity index (χ3n) is 2.08. The van der Waals surface area contributed by atoms with Crippen LogP contribution in [0.5, 0.6) is 0 Å². The van der Waals surface area contributed by atoms with E-state index >= 15 is 0 Å². The van der Waals surface area contributed by atoms with E-state index in [1.807, 2.05) is 12.1 Å². The van der Waals surface area contributed by atoms with Crippen molar-refractivity contribution in [2.45, 2.75) is 6.61 Å². The van der Waals surface area contributed by atoms with Gasteiger partial charge in [-0.15, -0.1) is 0 Å². The van der Waals surface area contributed by atoms with Gasteiger partial charge in [0.05, 0.1) is 13.7 Å². The van der Waals surface area contributed by atoms with Crippen molar-refractivity contribution in [3.05, 3.63) is 55.1 Å². The zero-order valence-corrected chi connectivity index (χ0v) is 7.36. The van der Waals surface area contributed by atoms with Gasteiger partial charge in [-0.2, -0.15) is 0 Å². The fraction of sp³-hybridized carbons (Fsp3) is 0.0833. The Kier molecular flexibility index (Phi) is 2.28.